The number of non-ortho nitro benzene ring substituents is 1. The normalized spacial score (nSPS) is 10.8. The molecule has 0 saturated heterocycles. The van der Waals surface area contributed by atoms with E-state index in [9.17, 15) is 19.3 Å². The Balaban J connectivity index is 1.52. The summed E-state index contributed by atoms with van der Waals surface area (Å²) in [4.78, 5) is 31.6. The molecule has 0 bridgehead atoms. The number of nitro groups is 1. The zero-order chi connectivity index (χ0) is 22.0. The van der Waals surface area contributed by atoms with Gasteiger partial charge in [0.25, 0.3) is 5.69 Å². The topological polar surface area (TPSA) is 103 Å². The standard InChI is InChI=1S/C21H16FN5O3S/c1-13-23-11-19(25-20(28)10-14-2-8-17(9-3-14)27(29)30)26(13)21-24-18(12-31-21)15-4-6-16(22)7-5-15/h2-9,11-12H,10H2,1H3,(H,25,28). The Kier molecular flexibility index (Phi) is 5.54. The summed E-state index contributed by atoms with van der Waals surface area (Å²) < 4.78 is 14.9. The average Bonchev–Trinajstić information content (AvgIpc) is 3.35. The van der Waals surface area contributed by atoms with Gasteiger partial charge in [0.05, 0.1) is 23.2 Å². The Morgan fingerprint density at radius 1 is 1.19 bits per heavy atom. The molecule has 0 radical (unpaired) electrons. The third-order valence-corrected chi connectivity index (χ3v) is 5.37. The van der Waals surface area contributed by atoms with Crippen LogP contribution in [-0.4, -0.2) is 25.4 Å². The maximum Gasteiger partial charge on any atom is 0.269 e. The summed E-state index contributed by atoms with van der Waals surface area (Å²) in [7, 11) is 0. The van der Waals surface area contributed by atoms with Gasteiger partial charge in [0, 0.05) is 23.1 Å². The van der Waals surface area contributed by atoms with E-state index in [2.05, 4.69) is 15.3 Å². The van der Waals surface area contributed by atoms with Crippen LogP contribution >= 0.6 is 11.3 Å². The number of aryl methyl sites for hydroxylation is 1. The van der Waals surface area contributed by atoms with Crippen LogP contribution in [0.2, 0.25) is 0 Å². The number of amides is 1. The van der Waals surface area contributed by atoms with Crippen molar-refractivity contribution >= 4 is 28.7 Å². The zero-order valence-corrected chi connectivity index (χ0v) is 17.1. The minimum absolute atomic E-state index is 0.0291. The molecule has 8 nitrogen and oxygen atoms in total. The number of imidazole rings is 1. The second-order valence-corrected chi connectivity index (χ2v) is 7.53. The molecule has 1 amide bonds. The SMILES string of the molecule is Cc1ncc(NC(=O)Cc2ccc([N+](=O)[O-])cc2)n1-c1nc(-c2ccc(F)cc2)cs1. The third kappa shape index (κ3) is 4.48. The lowest BCUT2D eigenvalue weighted by atomic mass is 10.1. The molecule has 0 fully saturated rings. The average molecular weight is 437 g/mol. The summed E-state index contributed by atoms with van der Waals surface area (Å²) >= 11 is 1.37. The van der Waals surface area contributed by atoms with Gasteiger partial charge in [-0.25, -0.2) is 14.4 Å². The summed E-state index contributed by atoms with van der Waals surface area (Å²) in [5.74, 6) is 0.503. The molecule has 4 rings (SSSR count). The van der Waals surface area contributed by atoms with E-state index in [1.54, 1.807) is 42.0 Å². The molecule has 2 aromatic heterocycles. The van der Waals surface area contributed by atoms with Crippen molar-refractivity contribution in [3.8, 4) is 16.4 Å². The fourth-order valence-corrected chi connectivity index (χ4v) is 3.89. The largest absolute Gasteiger partial charge is 0.310 e. The molecule has 4 aromatic rings. The smallest absolute Gasteiger partial charge is 0.269 e. The summed E-state index contributed by atoms with van der Waals surface area (Å²) in [5.41, 5.74) is 2.10. The van der Waals surface area contributed by atoms with E-state index in [0.29, 0.717) is 28.0 Å². The van der Waals surface area contributed by atoms with Crippen LogP contribution in [0.5, 0.6) is 0 Å². The number of anilines is 1. The van der Waals surface area contributed by atoms with Gasteiger partial charge in [-0.3, -0.25) is 19.5 Å². The number of halogens is 1. The summed E-state index contributed by atoms with van der Waals surface area (Å²) in [6, 6.07) is 11.9. The number of benzene rings is 2. The maximum absolute atomic E-state index is 13.2. The van der Waals surface area contributed by atoms with Gasteiger partial charge in [-0.15, -0.1) is 11.3 Å². The number of rotatable bonds is 6. The minimum atomic E-state index is -0.487. The number of hydrogen-bond donors (Lipinski definition) is 1. The molecule has 0 aliphatic rings. The lowest BCUT2D eigenvalue weighted by molar-refractivity contribution is -0.384. The molecule has 0 saturated carbocycles. The van der Waals surface area contributed by atoms with Gasteiger partial charge < -0.3 is 5.32 Å². The number of nitro benzene ring substituents is 1. The van der Waals surface area contributed by atoms with E-state index < -0.39 is 4.92 Å². The Labute approximate surface area is 180 Å². The van der Waals surface area contributed by atoms with Gasteiger partial charge in [-0.1, -0.05) is 12.1 Å². The fourth-order valence-electron chi connectivity index (χ4n) is 3.00. The van der Waals surface area contributed by atoms with Gasteiger partial charge in [0.1, 0.15) is 17.5 Å². The van der Waals surface area contributed by atoms with Crippen molar-refractivity contribution < 1.29 is 14.1 Å². The quantitative estimate of drug-likeness (QED) is 0.353. The van der Waals surface area contributed by atoms with E-state index in [-0.39, 0.29) is 23.8 Å². The van der Waals surface area contributed by atoms with Crippen molar-refractivity contribution in [2.75, 3.05) is 5.32 Å². The molecular weight excluding hydrogens is 421 g/mol. The van der Waals surface area contributed by atoms with Crippen molar-refractivity contribution in [2.45, 2.75) is 13.3 Å². The highest BCUT2D eigenvalue weighted by Crippen LogP contribution is 2.27. The molecule has 0 unspecified atom stereocenters. The Bertz CT molecular complexity index is 1250. The zero-order valence-electron chi connectivity index (χ0n) is 16.3. The first kappa shape index (κ1) is 20.4. The monoisotopic (exact) mass is 437 g/mol. The predicted octanol–water partition coefficient (Wildman–Crippen LogP) is 4.53. The van der Waals surface area contributed by atoms with Crippen LogP contribution in [0.25, 0.3) is 16.4 Å². The number of hydrogen-bond acceptors (Lipinski definition) is 6. The van der Waals surface area contributed by atoms with Gasteiger partial charge in [-0.05, 0) is 36.8 Å². The summed E-state index contributed by atoms with van der Waals surface area (Å²) in [5, 5.41) is 16.0. The van der Waals surface area contributed by atoms with Crippen molar-refractivity contribution in [1.29, 1.82) is 0 Å². The number of nitrogens with one attached hydrogen (secondary N) is 1. The Morgan fingerprint density at radius 2 is 1.90 bits per heavy atom. The second-order valence-electron chi connectivity index (χ2n) is 6.70. The highest BCUT2D eigenvalue weighted by Gasteiger charge is 2.16. The highest BCUT2D eigenvalue weighted by atomic mass is 32.1. The van der Waals surface area contributed by atoms with E-state index in [4.69, 9.17) is 0 Å². The van der Waals surface area contributed by atoms with Crippen LogP contribution in [0.3, 0.4) is 0 Å². The highest BCUT2D eigenvalue weighted by molar-refractivity contribution is 7.12. The molecule has 2 aromatic carbocycles. The van der Waals surface area contributed by atoms with Crippen molar-refractivity contribution in [3.05, 3.63) is 87.4 Å². The van der Waals surface area contributed by atoms with Gasteiger partial charge in [0.15, 0.2) is 5.13 Å². The molecule has 0 atom stereocenters. The molecule has 156 valence electrons. The van der Waals surface area contributed by atoms with Gasteiger partial charge in [-0.2, -0.15) is 0 Å². The lowest BCUT2D eigenvalue weighted by Crippen LogP contribution is -2.17. The van der Waals surface area contributed by atoms with Gasteiger partial charge >= 0.3 is 0 Å². The van der Waals surface area contributed by atoms with Crippen LogP contribution in [0.15, 0.2) is 60.1 Å². The van der Waals surface area contributed by atoms with Crippen molar-refractivity contribution in [2.24, 2.45) is 0 Å². The van der Waals surface area contributed by atoms with Crippen molar-refractivity contribution in [1.82, 2.24) is 14.5 Å². The molecule has 1 N–H and O–H groups in total. The first-order valence-electron chi connectivity index (χ1n) is 9.20. The van der Waals surface area contributed by atoms with Crippen LogP contribution in [0.4, 0.5) is 15.9 Å². The van der Waals surface area contributed by atoms with Crippen LogP contribution < -0.4 is 5.32 Å². The second kappa shape index (κ2) is 8.44. The molecular formula is C21H16FN5O3S. The molecule has 0 spiro atoms. The van der Waals surface area contributed by atoms with Crippen molar-refractivity contribution in [3.63, 3.8) is 0 Å². The molecule has 0 aliphatic heterocycles. The van der Waals surface area contributed by atoms with Crippen LogP contribution in [-0.2, 0) is 11.2 Å². The predicted molar refractivity (Wildman–Crippen MR) is 115 cm³/mol. The molecule has 0 aliphatic carbocycles. The van der Waals surface area contributed by atoms with Gasteiger partial charge in [0.2, 0.25) is 5.91 Å². The Morgan fingerprint density at radius 3 is 2.58 bits per heavy atom. The van der Waals surface area contributed by atoms with E-state index >= 15 is 0 Å². The lowest BCUT2D eigenvalue weighted by Gasteiger charge is -2.08. The van der Waals surface area contributed by atoms with Crippen LogP contribution in [0.1, 0.15) is 11.4 Å². The number of carbonyl (C=O) groups is 1. The number of nitrogens with zero attached hydrogens (tertiary/aromatic N) is 4. The first-order chi connectivity index (χ1) is 14.9. The number of thiazole rings is 1. The number of carbonyl (C=O) groups excluding carboxylic acids is 1. The van der Waals surface area contributed by atoms with E-state index in [1.807, 2.05) is 5.38 Å². The molecule has 2 heterocycles. The summed E-state index contributed by atoms with van der Waals surface area (Å²) in [6.07, 6.45) is 1.60. The van der Waals surface area contributed by atoms with E-state index in [0.717, 1.165) is 5.56 Å². The first-order valence-corrected chi connectivity index (χ1v) is 10.1. The Hall–Kier alpha value is -3.92. The molecule has 10 heteroatoms. The minimum Gasteiger partial charge on any atom is -0.310 e. The molecule has 31 heavy (non-hydrogen) atoms. The summed E-state index contributed by atoms with van der Waals surface area (Å²) in [6.45, 7) is 1.80. The maximum atomic E-state index is 13.2. The van der Waals surface area contributed by atoms with Crippen LogP contribution in [0, 0.1) is 22.9 Å². The fraction of sp³-hybridized carbons (Fsp3) is 0.0952. The van der Waals surface area contributed by atoms with E-state index in [1.165, 1.54) is 35.6 Å². The third-order valence-electron chi connectivity index (χ3n) is 4.54. The number of aromatic nitrogens is 3.